The molecule has 1 aromatic rings. The molecule has 2 aliphatic carbocycles. The van der Waals surface area contributed by atoms with Gasteiger partial charge in [0.2, 0.25) is 5.91 Å². The Morgan fingerprint density at radius 3 is 2.62 bits per heavy atom. The average molecular weight is 360 g/mol. The van der Waals surface area contributed by atoms with Gasteiger partial charge in [0, 0.05) is 5.69 Å². The molecule has 2 N–H and O–H groups in total. The third-order valence-corrected chi connectivity index (χ3v) is 5.33. The van der Waals surface area contributed by atoms with E-state index >= 15 is 0 Å². The van der Waals surface area contributed by atoms with Gasteiger partial charge in [0.15, 0.2) is 0 Å². The Kier molecular flexibility index (Phi) is 3.90. The second-order valence-electron chi connectivity index (χ2n) is 6.76. The maximum Gasteiger partial charge on any atom is 0.414 e. The summed E-state index contributed by atoms with van der Waals surface area (Å²) >= 11 is 0. The Labute approximate surface area is 148 Å². The smallest absolute Gasteiger partial charge is 0.414 e. The van der Waals surface area contributed by atoms with Gasteiger partial charge in [-0.2, -0.15) is 0 Å². The Balaban J connectivity index is 1.57. The number of allylic oxidation sites excluding steroid dienone is 2. The highest BCUT2D eigenvalue weighted by Crippen LogP contribution is 2.48. The predicted octanol–water partition coefficient (Wildman–Crippen LogP) is 2.24. The summed E-state index contributed by atoms with van der Waals surface area (Å²) in [5.74, 6) is -4.04. The summed E-state index contributed by atoms with van der Waals surface area (Å²) in [7, 11) is 0. The van der Waals surface area contributed by atoms with Crippen LogP contribution < -0.4 is 10.2 Å². The van der Waals surface area contributed by atoms with Crippen molar-refractivity contribution in [3.05, 3.63) is 36.2 Å². The zero-order valence-electron chi connectivity index (χ0n) is 13.7. The summed E-state index contributed by atoms with van der Waals surface area (Å²) in [6.45, 7) is 0.589. The number of fused-ring (bicyclic) bond motifs is 2. The number of carbonyl (C=O) groups is 3. The quantitative estimate of drug-likeness (QED) is 0.803. The molecule has 2 fully saturated rings. The summed E-state index contributed by atoms with van der Waals surface area (Å²) < 4.78 is 19.0. The second kappa shape index (κ2) is 6.12. The first-order chi connectivity index (χ1) is 12.5. The van der Waals surface area contributed by atoms with Crippen LogP contribution in [0.15, 0.2) is 30.4 Å². The molecule has 26 heavy (non-hydrogen) atoms. The SMILES string of the molecule is O=C(O)[C@H]1[C@H](C(=O)Nc2cc(N3CCOC3=O)ccc2F)[C@H]2C=C[C@H]1C2. The molecule has 3 aliphatic rings. The number of hydrogen-bond donors (Lipinski definition) is 2. The van der Waals surface area contributed by atoms with Crippen LogP contribution in [-0.2, 0) is 14.3 Å². The van der Waals surface area contributed by atoms with Crippen LogP contribution in [0, 0.1) is 29.5 Å². The number of aliphatic carboxylic acids is 1. The normalized spacial score (nSPS) is 29.1. The number of carboxylic acid groups (broad SMARTS) is 1. The van der Waals surface area contributed by atoms with E-state index in [1.807, 2.05) is 12.2 Å². The Bertz CT molecular complexity index is 824. The molecule has 1 aromatic carbocycles. The summed E-state index contributed by atoms with van der Waals surface area (Å²) in [5.41, 5.74) is 0.329. The lowest BCUT2D eigenvalue weighted by atomic mass is 9.82. The molecule has 1 saturated heterocycles. The van der Waals surface area contributed by atoms with Crippen molar-refractivity contribution in [3.63, 3.8) is 0 Å². The molecule has 0 unspecified atom stereocenters. The van der Waals surface area contributed by atoms with E-state index in [2.05, 4.69) is 5.32 Å². The largest absolute Gasteiger partial charge is 0.481 e. The van der Waals surface area contributed by atoms with E-state index in [-0.39, 0.29) is 24.1 Å². The van der Waals surface area contributed by atoms with E-state index < -0.39 is 35.6 Å². The third kappa shape index (κ3) is 2.61. The highest BCUT2D eigenvalue weighted by Gasteiger charge is 2.51. The van der Waals surface area contributed by atoms with Crippen molar-refractivity contribution in [2.24, 2.45) is 23.7 Å². The number of amides is 2. The highest BCUT2D eigenvalue weighted by molar-refractivity contribution is 5.97. The highest BCUT2D eigenvalue weighted by atomic mass is 19.1. The number of hydrogen-bond acceptors (Lipinski definition) is 4. The molecular weight excluding hydrogens is 343 g/mol. The molecular formula is C18H17FN2O5. The van der Waals surface area contributed by atoms with Gasteiger partial charge in [0.1, 0.15) is 12.4 Å². The number of nitrogens with zero attached hydrogens (tertiary/aromatic N) is 1. The number of carboxylic acids is 1. The molecule has 0 aromatic heterocycles. The van der Waals surface area contributed by atoms with E-state index in [1.165, 1.54) is 17.0 Å². The molecule has 4 rings (SSSR count). The topological polar surface area (TPSA) is 95.9 Å². The van der Waals surface area contributed by atoms with Crippen molar-refractivity contribution in [1.29, 1.82) is 0 Å². The number of benzene rings is 1. The summed E-state index contributed by atoms with van der Waals surface area (Å²) in [5, 5.41) is 12.0. The summed E-state index contributed by atoms with van der Waals surface area (Å²) in [6.07, 6.45) is 3.80. The van der Waals surface area contributed by atoms with E-state index in [4.69, 9.17) is 4.74 Å². The van der Waals surface area contributed by atoms with Gasteiger partial charge in [-0.3, -0.25) is 14.5 Å². The lowest BCUT2D eigenvalue weighted by Crippen LogP contribution is -2.36. The minimum atomic E-state index is -1.02. The molecule has 1 saturated carbocycles. The minimum absolute atomic E-state index is 0.0805. The molecule has 0 spiro atoms. The maximum atomic E-state index is 14.2. The van der Waals surface area contributed by atoms with Crippen molar-refractivity contribution >= 4 is 29.3 Å². The van der Waals surface area contributed by atoms with Crippen LogP contribution in [0.3, 0.4) is 0 Å². The zero-order valence-corrected chi connectivity index (χ0v) is 13.7. The first-order valence-corrected chi connectivity index (χ1v) is 8.41. The zero-order chi connectivity index (χ0) is 18.4. The fourth-order valence-electron chi connectivity index (χ4n) is 4.14. The van der Waals surface area contributed by atoms with E-state index in [0.29, 0.717) is 18.7 Å². The van der Waals surface area contributed by atoms with E-state index in [1.54, 1.807) is 0 Å². The van der Waals surface area contributed by atoms with Crippen molar-refractivity contribution in [3.8, 4) is 0 Å². The van der Waals surface area contributed by atoms with Crippen molar-refractivity contribution < 1.29 is 28.6 Å². The molecule has 1 heterocycles. The second-order valence-corrected chi connectivity index (χ2v) is 6.76. The molecule has 0 radical (unpaired) electrons. The Morgan fingerprint density at radius 1 is 1.23 bits per heavy atom. The molecule has 1 aliphatic heterocycles. The van der Waals surface area contributed by atoms with Crippen LogP contribution in [-0.4, -0.2) is 36.2 Å². The molecule has 8 heteroatoms. The summed E-state index contributed by atoms with van der Waals surface area (Å²) in [4.78, 5) is 37.2. The molecule has 7 nitrogen and oxygen atoms in total. The number of cyclic esters (lactones) is 1. The van der Waals surface area contributed by atoms with Gasteiger partial charge in [0.05, 0.1) is 24.1 Å². The summed E-state index contributed by atoms with van der Waals surface area (Å²) in [6, 6.07) is 3.95. The van der Waals surface area contributed by atoms with Gasteiger partial charge in [0.25, 0.3) is 0 Å². The molecule has 4 atom stereocenters. The average Bonchev–Trinajstić information content (AvgIpc) is 3.32. The van der Waals surface area contributed by atoms with Crippen LogP contribution in [0.5, 0.6) is 0 Å². The number of halogens is 1. The molecule has 2 amide bonds. The predicted molar refractivity (Wildman–Crippen MR) is 89.1 cm³/mol. The molecule has 2 bridgehead atoms. The van der Waals surface area contributed by atoms with Gasteiger partial charge < -0.3 is 15.2 Å². The van der Waals surface area contributed by atoms with Gasteiger partial charge in [-0.05, 0) is 36.5 Å². The standard InChI is InChI=1S/C18H17FN2O5/c19-12-4-3-11(21-5-6-26-18(21)25)8-13(12)20-16(22)14-9-1-2-10(7-9)15(14)17(23)24/h1-4,8-10,14-15H,5-7H2,(H,20,22)(H,23,24)/t9-,10-,14+,15+/m0/s1. The van der Waals surface area contributed by atoms with Crippen LogP contribution in [0.1, 0.15) is 6.42 Å². The van der Waals surface area contributed by atoms with E-state index in [9.17, 15) is 23.9 Å². The van der Waals surface area contributed by atoms with Crippen LogP contribution in [0.4, 0.5) is 20.6 Å². The number of rotatable bonds is 4. The maximum absolute atomic E-state index is 14.2. The number of anilines is 2. The van der Waals surface area contributed by atoms with Crippen LogP contribution in [0.2, 0.25) is 0 Å². The fraction of sp³-hybridized carbons (Fsp3) is 0.389. The fourth-order valence-corrected chi connectivity index (χ4v) is 4.14. The number of ether oxygens (including phenoxy) is 1. The monoisotopic (exact) mass is 360 g/mol. The lowest BCUT2D eigenvalue weighted by molar-refractivity contribution is -0.146. The van der Waals surface area contributed by atoms with Crippen molar-refractivity contribution in [1.82, 2.24) is 0 Å². The Hall–Kier alpha value is -2.90. The lowest BCUT2D eigenvalue weighted by Gasteiger charge is -2.24. The van der Waals surface area contributed by atoms with Crippen LogP contribution in [0.25, 0.3) is 0 Å². The van der Waals surface area contributed by atoms with E-state index in [0.717, 1.165) is 6.07 Å². The van der Waals surface area contributed by atoms with Crippen molar-refractivity contribution in [2.75, 3.05) is 23.4 Å². The van der Waals surface area contributed by atoms with Gasteiger partial charge >= 0.3 is 12.1 Å². The Morgan fingerprint density at radius 2 is 1.96 bits per heavy atom. The third-order valence-electron chi connectivity index (χ3n) is 5.33. The molecule has 136 valence electrons. The van der Waals surface area contributed by atoms with Crippen molar-refractivity contribution in [2.45, 2.75) is 6.42 Å². The minimum Gasteiger partial charge on any atom is -0.481 e. The van der Waals surface area contributed by atoms with Gasteiger partial charge in [-0.25, -0.2) is 9.18 Å². The first-order valence-electron chi connectivity index (χ1n) is 8.41. The number of carbonyl (C=O) groups excluding carboxylic acids is 2. The van der Waals surface area contributed by atoms with Gasteiger partial charge in [-0.15, -0.1) is 0 Å². The number of nitrogens with one attached hydrogen (secondary N) is 1. The van der Waals surface area contributed by atoms with Gasteiger partial charge in [-0.1, -0.05) is 12.2 Å². The first kappa shape index (κ1) is 16.6. The van der Waals surface area contributed by atoms with Crippen LogP contribution >= 0.6 is 0 Å².